The van der Waals surface area contributed by atoms with Crippen molar-refractivity contribution in [2.75, 3.05) is 6.61 Å². The fourth-order valence-electron chi connectivity index (χ4n) is 3.89. The fraction of sp³-hybridized carbons (Fsp3) is 0.217. The lowest BCUT2D eigenvalue weighted by Gasteiger charge is -2.26. The highest BCUT2D eigenvalue weighted by atomic mass is 16.5. The number of rotatable bonds is 4. The number of ether oxygens (including phenoxy) is 2. The van der Waals surface area contributed by atoms with Gasteiger partial charge in [0.2, 0.25) is 5.88 Å². The lowest BCUT2D eigenvalue weighted by molar-refractivity contribution is -0.139. The summed E-state index contributed by atoms with van der Waals surface area (Å²) in [4.78, 5) is 22.1. The van der Waals surface area contributed by atoms with Crippen LogP contribution in [0.2, 0.25) is 0 Å². The fourth-order valence-corrected chi connectivity index (χ4v) is 3.89. The van der Waals surface area contributed by atoms with E-state index in [4.69, 9.17) is 18.9 Å². The molecule has 0 bridgehead atoms. The topological polar surface area (TPSA) is 91.8 Å². The van der Waals surface area contributed by atoms with Gasteiger partial charge in [0.1, 0.15) is 17.8 Å². The molecule has 0 unspecified atom stereocenters. The average molecular weight is 416 g/mol. The number of fused-ring (bicyclic) bond motifs is 3. The minimum absolute atomic E-state index is 0.248. The van der Waals surface area contributed by atoms with E-state index in [2.05, 4.69) is 10.1 Å². The molecule has 1 aromatic carbocycles. The third kappa shape index (κ3) is 3.07. The van der Waals surface area contributed by atoms with Gasteiger partial charge in [-0.3, -0.25) is 0 Å². The van der Waals surface area contributed by atoms with Gasteiger partial charge in [-0.25, -0.2) is 19.3 Å². The highest BCUT2D eigenvalue weighted by Crippen LogP contribution is 2.44. The van der Waals surface area contributed by atoms with Crippen LogP contribution in [-0.4, -0.2) is 32.2 Å². The molecule has 4 aromatic rings. The Labute approximate surface area is 178 Å². The summed E-state index contributed by atoms with van der Waals surface area (Å²) in [7, 11) is 0. The number of carbonyl (C=O) groups excluding carboxylic acids is 1. The average Bonchev–Trinajstić information content (AvgIpc) is 3.43. The molecule has 0 aliphatic carbocycles. The molecule has 8 nitrogen and oxygen atoms in total. The second kappa shape index (κ2) is 7.39. The maximum Gasteiger partial charge on any atom is 0.338 e. The zero-order valence-electron chi connectivity index (χ0n) is 17.3. The van der Waals surface area contributed by atoms with Crippen molar-refractivity contribution in [2.45, 2.75) is 26.7 Å². The molecule has 1 aliphatic rings. The number of allylic oxidation sites excluding steroid dienone is 1. The molecule has 8 heteroatoms. The number of hydrogen-bond acceptors (Lipinski definition) is 7. The third-order valence-corrected chi connectivity index (χ3v) is 5.30. The van der Waals surface area contributed by atoms with E-state index in [1.54, 1.807) is 37.0 Å². The van der Waals surface area contributed by atoms with Crippen LogP contribution >= 0.6 is 0 Å². The van der Waals surface area contributed by atoms with E-state index >= 15 is 0 Å². The van der Waals surface area contributed by atoms with Gasteiger partial charge in [0.25, 0.3) is 0 Å². The van der Waals surface area contributed by atoms with E-state index in [-0.39, 0.29) is 6.61 Å². The smallest absolute Gasteiger partial charge is 0.338 e. The van der Waals surface area contributed by atoms with Gasteiger partial charge in [-0.15, -0.1) is 5.10 Å². The molecule has 3 aromatic heterocycles. The molecular formula is C23H20N4O4. The van der Waals surface area contributed by atoms with Crippen LogP contribution < -0.4 is 4.74 Å². The van der Waals surface area contributed by atoms with Crippen LogP contribution in [0.5, 0.6) is 5.88 Å². The highest BCUT2D eigenvalue weighted by Gasteiger charge is 2.39. The third-order valence-electron chi connectivity index (χ3n) is 5.30. The van der Waals surface area contributed by atoms with E-state index in [9.17, 15) is 4.79 Å². The van der Waals surface area contributed by atoms with Crippen molar-refractivity contribution in [1.82, 2.24) is 19.6 Å². The Morgan fingerprint density at radius 1 is 1.19 bits per heavy atom. The van der Waals surface area contributed by atoms with Gasteiger partial charge in [0.15, 0.2) is 11.5 Å². The molecule has 1 aliphatic heterocycles. The Morgan fingerprint density at radius 3 is 2.77 bits per heavy atom. The van der Waals surface area contributed by atoms with Gasteiger partial charge < -0.3 is 13.9 Å². The Balaban J connectivity index is 1.75. The number of carbonyl (C=O) groups is 1. The second-order valence-electron chi connectivity index (χ2n) is 7.22. The summed E-state index contributed by atoms with van der Waals surface area (Å²) in [6.45, 7) is 5.74. The van der Waals surface area contributed by atoms with Gasteiger partial charge in [0, 0.05) is 5.56 Å². The molecule has 0 saturated heterocycles. The molecule has 4 heterocycles. The Hall–Kier alpha value is -3.94. The zero-order valence-corrected chi connectivity index (χ0v) is 17.3. The zero-order chi connectivity index (χ0) is 21.5. The summed E-state index contributed by atoms with van der Waals surface area (Å²) in [6, 6.07) is 11.5. The van der Waals surface area contributed by atoms with E-state index in [0.717, 1.165) is 11.1 Å². The minimum Gasteiger partial charge on any atom is -0.468 e. The van der Waals surface area contributed by atoms with Crippen LogP contribution in [0.25, 0.3) is 17.0 Å². The first-order valence-electron chi connectivity index (χ1n) is 9.99. The van der Waals surface area contributed by atoms with Crippen LogP contribution in [0.15, 0.2) is 64.7 Å². The van der Waals surface area contributed by atoms with Gasteiger partial charge in [-0.2, -0.15) is 0 Å². The molecule has 0 spiro atoms. The normalized spacial score (nSPS) is 15.6. The SMILES string of the molecule is CCOC(=O)C1=C(C)Oc2ncn3nc(-c4ccccc4C)nc3c2[C@H]1c1ccco1. The largest absolute Gasteiger partial charge is 0.468 e. The van der Waals surface area contributed by atoms with Crippen LogP contribution in [-0.2, 0) is 9.53 Å². The maximum absolute atomic E-state index is 12.9. The van der Waals surface area contributed by atoms with Crippen molar-refractivity contribution in [3.63, 3.8) is 0 Å². The molecule has 0 N–H and O–H groups in total. The monoisotopic (exact) mass is 416 g/mol. The molecule has 0 radical (unpaired) electrons. The first kappa shape index (κ1) is 19.0. The van der Waals surface area contributed by atoms with Crippen molar-refractivity contribution in [1.29, 1.82) is 0 Å². The number of benzene rings is 1. The van der Waals surface area contributed by atoms with E-state index in [1.165, 1.54) is 0 Å². The molecule has 31 heavy (non-hydrogen) atoms. The quantitative estimate of drug-likeness (QED) is 0.463. The van der Waals surface area contributed by atoms with Crippen molar-refractivity contribution in [3.05, 3.63) is 77.2 Å². The first-order chi connectivity index (χ1) is 15.1. The number of hydrogen-bond donors (Lipinski definition) is 0. The Morgan fingerprint density at radius 2 is 2.03 bits per heavy atom. The summed E-state index contributed by atoms with van der Waals surface area (Å²) in [6.07, 6.45) is 3.13. The maximum atomic E-state index is 12.9. The van der Waals surface area contributed by atoms with Gasteiger partial charge in [0.05, 0.1) is 29.9 Å². The number of aromatic nitrogens is 4. The summed E-state index contributed by atoms with van der Waals surface area (Å²) in [5.41, 5.74) is 3.49. The number of furan rings is 1. The summed E-state index contributed by atoms with van der Waals surface area (Å²) in [5, 5.41) is 4.62. The molecule has 0 fully saturated rings. The van der Waals surface area contributed by atoms with Gasteiger partial charge >= 0.3 is 5.97 Å². The van der Waals surface area contributed by atoms with Crippen LogP contribution in [0, 0.1) is 6.92 Å². The summed E-state index contributed by atoms with van der Waals surface area (Å²) < 4.78 is 18.6. The van der Waals surface area contributed by atoms with Crippen molar-refractivity contribution in [2.24, 2.45) is 0 Å². The summed E-state index contributed by atoms with van der Waals surface area (Å²) in [5.74, 6) is 0.874. The second-order valence-corrected chi connectivity index (χ2v) is 7.22. The molecule has 5 rings (SSSR count). The van der Waals surface area contributed by atoms with Gasteiger partial charge in [-0.1, -0.05) is 24.3 Å². The molecule has 0 amide bonds. The number of aryl methyl sites for hydroxylation is 1. The van der Waals surface area contributed by atoms with Gasteiger partial charge in [-0.05, 0) is 38.5 Å². The predicted molar refractivity (Wildman–Crippen MR) is 111 cm³/mol. The Bertz CT molecular complexity index is 1320. The van der Waals surface area contributed by atoms with Crippen LogP contribution in [0.4, 0.5) is 0 Å². The molecular weight excluding hydrogens is 396 g/mol. The Kier molecular flexibility index (Phi) is 4.54. The number of nitrogens with zero attached hydrogens (tertiary/aromatic N) is 4. The lowest BCUT2D eigenvalue weighted by Crippen LogP contribution is -2.24. The minimum atomic E-state index is -0.581. The number of esters is 1. The van der Waals surface area contributed by atoms with E-state index < -0.39 is 11.9 Å². The highest BCUT2D eigenvalue weighted by molar-refractivity contribution is 5.93. The van der Waals surface area contributed by atoms with Crippen LogP contribution in [0.3, 0.4) is 0 Å². The molecule has 156 valence electrons. The van der Waals surface area contributed by atoms with Crippen molar-refractivity contribution >= 4 is 11.6 Å². The molecule has 1 atom stereocenters. The lowest BCUT2D eigenvalue weighted by atomic mass is 9.87. The first-order valence-corrected chi connectivity index (χ1v) is 9.99. The molecule has 0 saturated carbocycles. The van der Waals surface area contributed by atoms with Crippen molar-refractivity contribution in [3.8, 4) is 17.3 Å². The standard InChI is InChI=1S/C23H20N4O4/c1-4-29-23(28)17-14(3)31-22-19(18(17)16-10-7-11-30-16)21-25-20(26-27(21)12-24-22)15-9-6-5-8-13(15)2/h5-12,18H,4H2,1-3H3/t18-/m0/s1. The van der Waals surface area contributed by atoms with Crippen LogP contribution in [0.1, 0.15) is 36.7 Å². The van der Waals surface area contributed by atoms with E-state index in [1.807, 2.05) is 37.3 Å². The van der Waals surface area contributed by atoms with E-state index in [0.29, 0.717) is 40.0 Å². The predicted octanol–water partition coefficient (Wildman–Crippen LogP) is 4.05. The summed E-state index contributed by atoms with van der Waals surface area (Å²) >= 11 is 0. The van der Waals surface area contributed by atoms with Crippen molar-refractivity contribution < 1.29 is 18.7 Å².